The predicted octanol–water partition coefficient (Wildman–Crippen LogP) is 4.39. The second-order valence-electron chi connectivity index (χ2n) is 9.70. The van der Waals surface area contributed by atoms with Gasteiger partial charge in [0.1, 0.15) is 11.6 Å². The maximum absolute atomic E-state index is 13.7. The number of benzene rings is 2. The summed E-state index contributed by atoms with van der Waals surface area (Å²) in [5, 5.41) is 1.50. The van der Waals surface area contributed by atoms with Crippen LogP contribution in [-0.2, 0) is 16.1 Å². The second-order valence-corrected chi connectivity index (χ2v) is 10.1. The van der Waals surface area contributed by atoms with E-state index in [2.05, 4.69) is 11.0 Å². The number of amides is 2. The maximum Gasteiger partial charge on any atom is 0.254 e. The molecule has 1 aromatic heterocycles. The van der Waals surface area contributed by atoms with E-state index in [1.165, 1.54) is 0 Å². The first-order valence-electron chi connectivity index (χ1n) is 13.1. The average molecular weight is 537 g/mol. The Kier molecular flexibility index (Phi) is 8.29. The minimum Gasteiger partial charge on any atom is -0.497 e. The van der Waals surface area contributed by atoms with E-state index in [1.807, 2.05) is 28.0 Å². The van der Waals surface area contributed by atoms with Gasteiger partial charge in [-0.1, -0.05) is 17.7 Å². The molecule has 3 heterocycles. The molecule has 2 aliphatic rings. The molecule has 0 aliphatic carbocycles. The van der Waals surface area contributed by atoms with Gasteiger partial charge in [-0.3, -0.25) is 9.59 Å². The van der Waals surface area contributed by atoms with Crippen LogP contribution in [0.4, 0.5) is 5.82 Å². The van der Waals surface area contributed by atoms with Crippen LogP contribution in [0.25, 0.3) is 10.9 Å². The first-order chi connectivity index (χ1) is 18.5. The van der Waals surface area contributed by atoms with E-state index in [4.69, 9.17) is 26.1 Å². The molecule has 3 aromatic rings. The summed E-state index contributed by atoms with van der Waals surface area (Å²) in [6.07, 6.45) is 2.21. The number of halogens is 1. The Balaban J connectivity index is 1.47. The zero-order valence-corrected chi connectivity index (χ0v) is 22.5. The molecule has 200 valence electrons. The highest BCUT2D eigenvalue weighted by Gasteiger charge is 2.24. The van der Waals surface area contributed by atoms with Gasteiger partial charge < -0.3 is 24.2 Å². The fraction of sp³-hybridized carbons (Fsp3) is 0.414. The number of methoxy groups -OCH3 is 1. The lowest BCUT2D eigenvalue weighted by molar-refractivity contribution is -0.127. The van der Waals surface area contributed by atoms with Gasteiger partial charge >= 0.3 is 0 Å². The zero-order chi connectivity index (χ0) is 26.5. The molecule has 8 nitrogen and oxygen atoms in total. The number of nitrogens with zero attached hydrogens (tertiary/aromatic N) is 4. The SMILES string of the molecule is COc1ccc2cc(CN(CCCN3CCCC3=O)C(=O)c3cccc(Cl)c3)c(N3CCOCC3)nc2c1. The second kappa shape index (κ2) is 12.0. The highest BCUT2D eigenvalue weighted by molar-refractivity contribution is 6.30. The lowest BCUT2D eigenvalue weighted by atomic mass is 10.1. The summed E-state index contributed by atoms with van der Waals surface area (Å²) in [6, 6.07) is 15.0. The Morgan fingerprint density at radius 2 is 1.97 bits per heavy atom. The van der Waals surface area contributed by atoms with Crippen LogP contribution in [-0.4, -0.2) is 79.6 Å². The minimum absolute atomic E-state index is 0.0944. The van der Waals surface area contributed by atoms with Gasteiger partial charge in [-0.05, 0) is 49.2 Å². The number of likely N-dealkylation sites (tertiary alicyclic amines) is 1. The Morgan fingerprint density at radius 1 is 1.13 bits per heavy atom. The zero-order valence-electron chi connectivity index (χ0n) is 21.7. The average Bonchev–Trinajstić information content (AvgIpc) is 3.36. The van der Waals surface area contributed by atoms with Gasteiger partial charge in [-0.2, -0.15) is 0 Å². The van der Waals surface area contributed by atoms with Gasteiger partial charge in [-0.25, -0.2) is 4.98 Å². The Morgan fingerprint density at radius 3 is 2.71 bits per heavy atom. The highest BCUT2D eigenvalue weighted by Crippen LogP contribution is 2.29. The molecule has 2 saturated heterocycles. The first kappa shape index (κ1) is 26.3. The topological polar surface area (TPSA) is 75.2 Å². The summed E-state index contributed by atoms with van der Waals surface area (Å²) < 4.78 is 11.0. The molecule has 2 aromatic carbocycles. The van der Waals surface area contributed by atoms with Crippen molar-refractivity contribution in [2.24, 2.45) is 0 Å². The van der Waals surface area contributed by atoms with E-state index in [-0.39, 0.29) is 11.8 Å². The number of aromatic nitrogens is 1. The van der Waals surface area contributed by atoms with Gasteiger partial charge in [-0.15, -0.1) is 0 Å². The van der Waals surface area contributed by atoms with E-state index < -0.39 is 0 Å². The van der Waals surface area contributed by atoms with Crippen molar-refractivity contribution in [3.63, 3.8) is 0 Å². The number of carbonyl (C=O) groups excluding carboxylic acids is 2. The molecule has 0 atom stereocenters. The fourth-order valence-corrected chi connectivity index (χ4v) is 5.32. The third-order valence-corrected chi connectivity index (χ3v) is 7.37. The lowest BCUT2D eigenvalue weighted by Crippen LogP contribution is -2.39. The van der Waals surface area contributed by atoms with Crippen molar-refractivity contribution in [1.82, 2.24) is 14.8 Å². The van der Waals surface area contributed by atoms with Crippen molar-refractivity contribution in [2.45, 2.75) is 25.8 Å². The van der Waals surface area contributed by atoms with Gasteiger partial charge in [0, 0.05) is 73.3 Å². The third kappa shape index (κ3) is 6.03. The van der Waals surface area contributed by atoms with Crippen LogP contribution in [0.15, 0.2) is 48.5 Å². The monoisotopic (exact) mass is 536 g/mol. The number of hydrogen-bond donors (Lipinski definition) is 0. The van der Waals surface area contributed by atoms with Gasteiger partial charge in [0.25, 0.3) is 5.91 Å². The first-order valence-corrected chi connectivity index (χ1v) is 13.5. The smallest absolute Gasteiger partial charge is 0.254 e. The molecule has 0 bridgehead atoms. The molecular formula is C29H33ClN4O4. The standard InChI is InChI=1S/C29H33ClN4O4/c1-37-25-9-8-21-17-23(28(31-26(21)19-25)33-13-15-38-16-14-33)20-34(12-4-11-32-10-3-7-27(32)35)29(36)22-5-2-6-24(30)18-22/h2,5-6,8-9,17-19H,3-4,7,10-16,20H2,1H3. The summed E-state index contributed by atoms with van der Waals surface area (Å²) in [5.41, 5.74) is 2.35. The van der Waals surface area contributed by atoms with Crippen LogP contribution in [0.2, 0.25) is 5.02 Å². The Bertz CT molecular complexity index is 1310. The van der Waals surface area contributed by atoms with Crippen molar-refractivity contribution in [2.75, 3.05) is 57.9 Å². The number of hydrogen-bond acceptors (Lipinski definition) is 6. The van der Waals surface area contributed by atoms with Crippen LogP contribution in [0.5, 0.6) is 5.75 Å². The quantitative estimate of drug-likeness (QED) is 0.404. The normalized spacial score (nSPS) is 15.8. The summed E-state index contributed by atoms with van der Waals surface area (Å²) in [6.45, 7) is 5.06. The van der Waals surface area contributed by atoms with Crippen LogP contribution in [0.3, 0.4) is 0 Å². The van der Waals surface area contributed by atoms with E-state index in [1.54, 1.807) is 31.4 Å². The molecule has 0 unspecified atom stereocenters. The summed E-state index contributed by atoms with van der Waals surface area (Å²) >= 11 is 6.22. The van der Waals surface area contributed by atoms with Gasteiger partial charge in [0.2, 0.25) is 5.91 Å². The van der Waals surface area contributed by atoms with Gasteiger partial charge in [0.05, 0.1) is 25.8 Å². The van der Waals surface area contributed by atoms with Crippen molar-refractivity contribution in [3.8, 4) is 5.75 Å². The van der Waals surface area contributed by atoms with E-state index in [9.17, 15) is 9.59 Å². The summed E-state index contributed by atoms with van der Waals surface area (Å²) in [5.74, 6) is 1.71. The van der Waals surface area contributed by atoms with E-state index in [0.717, 1.165) is 54.1 Å². The third-order valence-electron chi connectivity index (χ3n) is 7.14. The van der Waals surface area contributed by atoms with E-state index in [0.29, 0.717) is 56.3 Å². The van der Waals surface area contributed by atoms with Crippen LogP contribution in [0, 0.1) is 0 Å². The van der Waals surface area contributed by atoms with Crippen LogP contribution < -0.4 is 9.64 Å². The highest BCUT2D eigenvalue weighted by atomic mass is 35.5. The van der Waals surface area contributed by atoms with Crippen molar-refractivity contribution in [1.29, 1.82) is 0 Å². The van der Waals surface area contributed by atoms with Crippen LogP contribution >= 0.6 is 11.6 Å². The molecule has 0 spiro atoms. The van der Waals surface area contributed by atoms with Crippen molar-refractivity contribution >= 4 is 40.1 Å². The molecular weight excluding hydrogens is 504 g/mol. The molecule has 38 heavy (non-hydrogen) atoms. The molecule has 9 heteroatoms. The summed E-state index contributed by atoms with van der Waals surface area (Å²) in [4.78, 5) is 36.9. The predicted molar refractivity (Wildman–Crippen MR) is 148 cm³/mol. The number of ether oxygens (including phenoxy) is 2. The van der Waals surface area contributed by atoms with E-state index >= 15 is 0 Å². The molecule has 2 fully saturated rings. The van der Waals surface area contributed by atoms with Gasteiger partial charge in [0.15, 0.2) is 0 Å². The van der Waals surface area contributed by atoms with Crippen molar-refractivity contribution in [3.05, 3.63) is 64.7 Å². The maximum atomic E-state index is 13.7. The largest absolute Gasteiger partial charge is 0.497 e. The number of carbonyl (C=O) groups is 2. The molecule has 2 amide bonds. The minimum atomic E-state index is -0.0944. The van der Waals surface area contributed by atoms with Crippen LogP contribution in [0.1, 0.15) is 35.2 Å². The summed E-state index contributed by atoms with van der Waals surface area (Å²) in [7, 11) is 1.65. The molecule has 0 saturated carbocycles. The number of rotatable bonds is 9. The Hall–Kier alpha value is -3.36. The number of pyridine rings is 1. The molecule has 5 rings (SSSR count). The lowest BCUT2D eigenvalue weighted by Gasteiger charge is -2.31. The Labute approximate surface area is 228 Å². The van der Waals surface area contributed by atoms with Crippen molar-refractivity contribution < 1.29 is 19.1 Å². The fourth-order valence-electron chi connectivity index (χ4n) is 5.13. The number of anilines is 1. The molecule has 0 N–H and O–H groups in total. The number of fused-ring (bicyclic) bond motifs is 1. The number of morpholine rings is 1. The molecule has 2 aliphatic heterocycles. The molecule has 0 radical (unpaired) electrons.